The molecule has 0 radical (unpaired) electrons. The third-order valence-corrected chi connectivity index (χ3v) is 5.82. The molecule has 3 aromatic rings. The molecular weight excluding hydrogens is 452 g/mol. The summed E-state index contributed by atoms with van der Waals surface area (Å²) in [5.41, 5.74) is 1.94. The highest BCUT2D eigenvalue weighted by Crippen LogP contribution is 2.35. The Morgan fingerprint density at radius 2 is 1.66 bits per heavy atom. The van der Waals surface area contributed by atoms with E-state index >= 15 is 0 Å². The van der Waals surface area contributed by atoms with E-state index in [1.807, 2.05) is 27.7 Å². The Balaban J connectivity index is 1.63. The summed E-state index contributed by atoms with van der Waals surface area (Å²) in [5, 5.41) is 15.3. The van der Waals surface area contributed by atoms with Gasteiger partial charge in [0.2, 0.25) is 5.88 Å². The quantitative estimate of drug-likeness (QED) is 0.417. The highest BCUT2D eigenvalue weighted by Gasteiger charge is 2.33. The van der Waals surface area contributed by atoms with Crippen molar-refractivity contribution in [3.05, 3.63) is 71.4 Å². The summed E-state index contributed by atoms with van der Waals surface area (Å²) in [6.07, 6.45) is 1.49. The molecule has 0 spiro atoms. The zero-order valence-corrected chi connectivity index (χ0v) is 20.7. The molecule has 35 heavy (non-hydrogen) atoms. The van der Waals surface area contributed by atoms with Crippen LogP contribution in [0.3, 0.4) is 0 Å². The van der Waals surface area contributed by atoms with Crippen molar-refractivity contribution in [3.63, 3.8) is 0 Å². The summed E-state index contributed by atoms with van der Waals surface area (Å²) in [6, 6.07) is 12.2. The molecule has 0 bridgehead atoms. The Morgan fingerprint density at radius 3 is 2.23 bits per heavy atom. The Morgan fingerprint density at radius 1 is 1.06 bits per heavy atom. The normalized spacial score (nSPS) is 15.0. The van der Waals surface area contributed by atoms with Gasteiger partial charge in [-0.3, -0.25) is 4.90 Å². The fraction of sp³-hybridized carbons (Fsp3) is 0.444. The lowest BCUT2D eigenvalue weighted by atomic mass is 10.2. The van der Waals surface area contributed by atoms with Gasteiger partial charge in [-0.2, -0.15) is 5.10 Å². The Labute approximate surface area is 205 Å². The molecule has 1 N–H and O–H groups in total. The highest BCUT2D eigenvalue weighted by molar-refractivity contribution is 5.43. The zero-order chi connectivity index (χ0) is 25.2. The molecule has 1 atom stereocenters. The molecular formula is C27H33F2N3O3. The molecule has 1 aliphatic rings. The molecule has 1 aromatic heterocycles. The van der Waals surface area contributed by atoms with Crippen LogP contribution in [0.15, 0.2) is 48.5 Å². The first-order chi connectivity index (χ1) is 16.6. The van der Waals surface area contributed by atoms with Gasteiger partial charge in [0, 0.05) is 19.1 Å². The number of benzene rings is 2. The topological polar surface area (TPSA) is 59.8 Å². The first-order valence-electron chi connectivity index (χ1n) is 11.9. The zero-order valence-electron chi connectivity index (χ0n) is 20.7. The predicted octanol–water partition coefficient (Wildman–Crippen LogP) is 5.39. The predicted molar refractivity (Wildman–Crippen MR) is 130 cm³/mol. The van der Waals surface area contributed by atoms with Gasteiger partial charge < -0.3 is 14.6 Å². The molecule has 4 rings (SSSR count). The second-order valence-electron chi connectivity index (χ2n) is 10.1. The minimum Gasteiger partial charge on any atom is -0.439 e. The Bertz CT molecular complexity index is 1120. The van der Waals surface area contributed by atoms with Crippen LogP contribution in [0.2, 0.25) is 0 Å². The number of hydrogen-bond donors (Lipinski definition) is 1. The number of ether oxygens (including phenoxy) is 2. The lowest BCUT2D eigenvalue weighted by Gasteiger charge is -2.27. The van der Waals surface area contributed by atoms with Crippen molar-refractivity contribution in [2.45, 2.75) is 64.8 Å². The summed E-state index contributed by atoms with van der Waals surface area (Å²) in [4.78, 5) is 2.23. The second kappa shape index (κ2) is 10.4. The van der Waals surface area contributed by atoms with Crippen molar-refractivity contribution >= 4 is 0 Å². The van der Waals surface area contributed by atoms with Gasteiger partial charge in [0.1, 0.15) is 17.4 Å². The summed E-state index contributed by atoms with van der Waals surface area (Å²) >= 11 is 0. The summed E-state index contributed by atoms with van der Waals surface area (Å²) in [5.74, 6) is 0.247. The van der Waals surface area contributed by atoms with E-state index in [0.29, 0.717) is 36.4 Å². The van der Waals surface area contributed by atoms with Crippen LogP contribution in [-0.4, -0.2) is 50.7 Å². The number of hydrogen-bond acceptors (Lipinski definition) is 5. The summed E-state index contributed by atoms with van der Waals surface area (Å²) < 4.78 is 40.7. The van der Waals surface area contributed by atoms with E-state index in [9.17, 15) is 13.9 Å². The number of aliphatic hydroxyl groups is 1. The standard InChI is InChI=1S/C27H33F2N3O3/c1-18-25(16-31(21-11-12-21)15-23(33)17-34-27(2,3)4)26(35-24-13-7-20(29)8-14-24)32(30-18)22-9-5-19(28)6-10-22/h5-10,13-14,21,23,33H,11-12,15-17H2,1-4H3/t23-/m0/s1. The van der Waals surface area contributed by atoms with Crippen LogP contribution < -0.4 is 4.74 Å². The summed E-state index contributed by atoms with van der Waals surface area (Å²) in [6.45, 7) is 9.01. The SMILES string of the molecule is Cc1nn(-c2ccc(F)cc2)c(Oc2ccc(F)cc2)c1CN(C[C@H](O)COC(C)(C)C)C1CC1. The maximum Gasteiger partial charge on any atom is 0.227 e. The lowest BCUT2D eigenvalue weighted by molar-refractivity contribution is -0.0573. The van der Waals surface area contributed by atoms with Gasteiger partial charge in [-0.15, -0.1) is 0 Å². The lowest BCUT2D eigenvalue weighted by Crippen LogP contribution is -2.38. The first-order valence-corrected chi connectivity index (χ1v) is 11.9. The van der Waals surface area contributed by atoms with Crippen molar-refractivity contribution in [1.82, 2.24) is 14.7 Å². The number of aliphatic hydroxyl groups excluding tert-OH is 1. The first kappa shape index (κ1) is 25.3. The fourth-order valence-corrected chi connectivity index (χ4v) is 3.85. The Hall–Kier alpha value is -2.81. The second-order valence-corrected chi connectivity index (χ2v) is 10.1. The maximum absolute atomic E-state index is 13.6. The van der Waals surface area contributed by atoms with Crippen LogP contribution in [0.4, 0.5) is 8.78 Å². The molecule has 0 aliphatic heterocycles. The van der Waals surface area contributed by atoms with Crippen LogP contribution in [0.25, 0.3) is 5.69 Å². The molecule has 1 heterocycles. The summed E-state index contributed by atoms with van der Waals surface area (Å²) in [7, 11) is 0. The number of halogens is 2. The van der Waals surface area contributed by atoms with Gasteiger partial charge in [0.15, 0.2) is 0 Å². The third-order valence-electron chi connectivity index (χ3n) is 5.82. The van der Waals surface area contributed by atoms with E-state index < -0.39 is 6.10 Å². The van der Waals surface area contributed by atoms with Crippen molar-refractivity contribution in [3.8, 4) is 17.3 Å². The van der Waals surface area contributed by atoms with Gasteiger partial charge in [0.05, 0.1) is 35.3 Å². The maximum atomic E-state index is 13.6. The van der Waals surface area contributed by atoms with E-state index in [2.05, 4.69) is 10.00 Å². The van der Waals surface area contributed by atoms with Crippen LogP contribution in [0.1, 0.15) is 44.9 Å². The van der Waals surface area contributed by atoms with Crippen molar-refractivity contribution in [1.29, 1.82) is 0 Å². The third kappa shape index (κ3) is 6.87. The molecule has 0 saturated heterocycles. The molecule has 0 unspecified atom stereocenters. The number of aryl methyl sites for hydroxylation is 1. The average molecular weight is 486 g/mol. The van der Waals surface area contributed by atoms with Crippen LogP contribution >= 0.6 is 0 Å². The van der Waals surface area contributed by atoms with E-state index in [1.165, 1.54) is 24.3 Å². The molecule has 188 valence electrons. The van der Waals surface area contributed by atoms with E-state index in [1.54, 1.807) is 28.9 Å². The van der Waals surface area contributed by atoms with E-state index in [-0.39, 0.29) is 23.8 Å². The van der Waals surface area contributed by atoms with Gasteiger partial charge in [-0.05, 0) is 89.1 Å². The molecule has 1 fully saturated rings. The van der Waals surface area contributed by atoms with E-state index in [0.717, 1.165) is 24.1 Å². The van der Waals surface area contributed by atoms with Crippen LogP contribution in [0.5, 0.6) is 11.6 Å². The Kier molecular flexibility index (Phi) is 7.54. The van der Waals surface area contributed by atoms with E-state index in [4.69, 9.17) is 9.47 Å². The van der Waals surface area contributed by atoms with Gasteiger partial charge in [-0.25, -0.2) is 13.5 Å². The highest BCUT2D eigenvalue weighted by atomic mass is 19.1. The van der Waals surface area contributed by atoms with Crippen LogP contribution in [-0.2, 0) is 11.3 Å². The molecule has 8 heteroatoms. The molecule has 1 aliphatic carbocycles. The monoisotopic (exact) mass is 485 g/mol. The van der Waals surface area contributed by atoms with Gasteiger partial charge in [0.25, 0.3) is 0 Å². The minimum absolute atomic E-state index is 0.249. The number of nitrogens with zero attached hydrogens (tertiary/aromatic N) is 3. The van der Waals surface area contributed by atoms with Gasteiger partial charge >= 0.3 is 0 Å². The van der Waals surface area contributed by atoms with Crippen molar-refractivity contribution in [2.75, 3.05) is 13.2 Å². The fourth-order valence-electron chi connectivity index (χ4n) is 3.85. The molecule has 1 saturated carbocycles. The van der Waals surface area contributed by atoms with Crippen LogP contribution in [0, 0.1) is 18.6 Å². The van der Waals surface area contributed by atoms with Crippen molar-refractivity contribution < 1.29 is 23.4 Å². The molecule has 6 nitrogen and oxygen atoms in total. The van der Waals surface area contributed by atoms with Gasteiger partial charge in [-0.1, -0.05) is 0 Å². The molecule has 2 aromatic carbocycles. The number of aromatic nitrogens is 2. The van der Waals surface area contributed by atoms with Crippen molar-refractivity contribution in [2.24, 2.45) is 0 Å². The number of rotatable bonds is 10. The largest absolute Gasteiger partial charge is 0.439 e. The average Bonchev–Trinajstić information content (AvgIpc) is 3.60. The minimum atomic E-state index is -0.635. The smallest absolute Gasteiger partial charge is 0.227 e. The molecule has 0 amide bonds.